The monoisotopic (exact) mass is 512 g/mol. The summed E-state index contributed by atoms with van der Waals surface area (Å²) in [7, 11) is 0. The summed E-state index contributed by atoms with van der Waals surface area (Å²) < 4.78 is 7.12. The maximum Gasteiger partial charge on any atom is 0.415 e. The van der Waals surface area contributed by atoms with Crippen LogP contribution in [0.25, 0.3) is 5.70 Å². The number of hydrogen-bond acceptors (Lipinski definition) is 8. The van der Waals surface area contributed by atoms with Crippen LogP contribution in [0.1, 0.15) is 69.2 Å². The number of nitrogens with one attached hydrogen (secondary N) is 1. The second kappa shape index (κ2) is 16.1. The van der Waals surface area contributed by atoms with E-state index in [9.17, 15) is 14.4 Å². The fourth-order valence-electron chi connectivity index (χ4n) is 3.92. The number of unbranched alkanes of at least 4 members (excludes halogenated alkanes) is 6. The van der Waals surface area contributed by atoms with Crippen molar-refractivity contribution in [2.75, 3.05) is 12.0 Å². The van der Waals surface area contributed by atoms with Gasteiger partial charge in [0.2, 0.25) is 0 Å². The Morgan fingerprint density at radius 3 is 2.27 bits per heavy atom. The summed E-state index contributed by atoms with van der Waals surface area (Å²) in [5, 5.41) is 5.30. The first kappa shape index (κ1) is 31.3. The van der Waals surface area contributed by atoms with Gasteiger partial charge < -0.3 is 15.7 Å². The smallest absolute Gasteiger partial charge is 0.415 e. The van der Waals surface area contributed by atoms with E-state index in [0.717, 1.165) is 24.6 Å². The molecule has 2 amide bonds. The van der Waals surface area contributed by atoms with E-state index in [4.69, 9.17) is 4.74 Å². The molecule has 5 N–H and O–H groups in total. The molecule has 2 aromatic rings. The minimum atomic E-state index is -0.487. The summed E-state index contributed by atoms with van der Waals surface area (Å²) in [5.74, 6) is -1.31. The van der Waals surface area contributed by atoms with Crippen molar-refractivity contribution in [1.82, 2.24) is 0 Å². The molecule has 10 heteroatoms. The summed E-state index contributed by atoms with van der Waals surface area (Å²) in [6, 6.07) is 12.3. The van der Waals surface area contributed by atoms with Crippen molar-refractivity contribution in [2.24, 2.45) is 5.10 Å². The van der Waals surface area contributed by atoms with Crippen LogP contribution in [0.5, 0.6) is 0 Å². The summed E-state index contributed by atoms with van der Waals surface area (Å²) in [5.41, 5.74) is 4.51. The predicted octanol–water partition coefficient (Wildman–Crippen LogP) is 2.86. The number of nitrogens with two attached hydrogens (primary N) is 1. The van der Waals surface area contributed by atoms with E-state index >= 15 is 0 Å². The van der Waals surface area contributed by atoms with Gasteiger partial charge in [0.1, 0.15) is 0 Å². The number of hydrogen-bond donors (Lipinski definition) is 2. The van der Waals surface area contributed by atoms with E-state index in [1.807, 2.05) is 6.07 Å². The van der Waals surface area contributed by atoms with E-state index in [1.165, 1.54) is 25.7 Å². The predicted molar refractivity (Wildman–Crippen MR) is 137 cm³/mol. The van der Waals surface area contributed by atoms with Crippen LogP contribution in [0.15, 0.2) is 65.5 Å². The molecule has 0 bridgehead atoms. The summed E-state index contributed by atoms with van der Waals surface area (Å²) in [6.07, 6.45) is 11.5. The molecule has 0 atom stereocenters. The van der Waals surface area contributed by atoms with Crippen molar-refractivity contribution in [3.8, 4) is 0 Å². The van der Waals surface area contributed by atoms with Gasteiger partial charge in [-0.2, -0.15) is 9.67 Å². The largest absolute Gasteiger partial charge is 0.870 e. The van der Waals surface area contributed by atoms with Crippen LogP contribution in [0.3, 0.4) is 0 Å². The number of ether oxygens (including phenoxy) is 1. The fraction of sp³-hybridized carbons (Fsp3) is 0.370. The standard InChI is InChI=1S/C27H32N4O4.2H2O/c1-3-4-5-6-7-8-14-19-35-27(34)21-15-10-11-16-22(21)29-30-23-20(2)24(26(33)28-25(23)32)31-17-12-9-13-18-31;;/h9-13,15-18H,3-8,14,19H2,1-2H3,(H-,28,29,32,33,34);2*1H2. The highest BCUT2D eigenvalue weighted by Crippen LogP contribution is 2.18. The van der Waals surface area contributed by atoms with Gasteiger partial charge in [0.05, 0.1) is 23.4 Å². The highest BCUT2D eigenvalue weighted by Gasteiger charge is 2.40. The Morgan fingerprint density at radius 1 is 0.919 bits per heavy atom. The van der Waals surface area contributed by atoms with E-state index in [-0.39, 0.29) is 22.6 Å². The summed E-state index contributed by atoms with van der Waals surface area (Å²) in [4.78, 5) is 37.7. The van der Waals surface area contributed by atoms with Crippen LogP contribution in [0, 0.1) is 0 Å². The Balaban J connectivity index is 0.00000342. The highest BCUT2D eigenvalue weighted by atomic mass is 16.5. The van der Waals surface area contributed by atoms with Gasteiger partial charge >= 0.3 is 23.5 Å². The van der Waals surface area contributed by atoms with Gasteiger partial charge in [-0.05, 0) is 25.5 Å². The molecule has 0 saturated carbocycles. The molecule has 37 heavy (non-hydrogen) atoms. The molecule has 0 fully saturated rings. The topological polar surface area (TPSA) is 165 Å². The number of hydrazone groups is 1. The van der Waals surface area contributed by atoms with Crippen LogP contribution < -0.4 is 15.3 Å². The third-order valence-corrected chi connectivity index (χ3v) is 5.83. The first-order chi connectivity index (χ1) is 17.0. The van der Waals surface area contributed by atoms with Gasteiger partial charge in [0.15, 0.2) is 18.1 Å². The van der Waals surface area contributed by atoms with Gasteiger partial charge in [0.25, 0.3) is 0 Å². The molecule has 1 aromatic heterocycles. The second-order valence-corrected chi connectivity index (χ2v) is 8.50. The molecule has 0 unspecified atom stereocenters. The third kappa shape index (κ3) is 8.71. The number of aromatic nitrogens is 1. The first-order valence-electron chi connectivity index (χ1n) is 12.2. The lowest BCUT2D eigenvalue weighted by atomic mass is 10.0. The number of benzene rings is 1. The van der Waals surface area contributed by atoms with Crippen molar-refractivity contribution in [2.45, 2.75) is 58.8 Å². The van der Waals surface area contributed by atoms with Crippen LogP contribution in [0.4, 0.5) is 5.69 Å². The maximum atomic E-state index is 12.7. The minimum absolute atomic E-state index is 0. The van der Waals surface area contributed by atoms with Crippen LogP contribution in [0.2, 0.25) is 0 Å². The van der Waals surface area contributed by atoms with Crippen molar-refractivity contribution < 1.29 is 40.0 Å². The average molecular weight is 513 g/mol. The summed E-state index contributed by atoms with van der Waals surface area (Å²) >= 11 is 0. The fourth-order valence-corrected chi connectivity index (χ4v) is 3.92. The number of nitrogens with zero attached hydrogens (tertiary/aromatic N) is 2. The first-order valence-corrected chi connectivity index (χ1v) is 12.2. The molecule has 3 rings (SSSR count). The number of carbonyl (C=O) groups is 3. The lowest BCUT2D eigenvalue weighted by Gasteiger charge is -2.12. The normalized spacial score (nSPS) is 14.2. The number of carbonyl (C=O) groups excluding carboxylic acids is 3. The number of amides is 2. The zero-order valence-electron chi connectivity index (χ0n) is 21.4. The molecule has 1 aromatic carbocycles. The van der Waals surface area contributed by atoms with E-state index in [2.05, 4.69) is 17.5 Å². The van der Waals surface area contributed by atoms with Crippen molar-refractivity contribution >= 4 is 34.9 Å². The molecule has 1 aliphatic rings. The molecule has 0 radical (unpaired) electrons. The number of primary amides is 2. The zero-order chi connectivity index (χ0) is 25.0. The molecule has 0 spiro atoms. The second-order valence-electron chi connectivity index (χ2n) is 8.50. The number of esters is 1. The molecule has 10 nitrogen and oxygen atoms in total. The Bertz CT molecular complexity index is 1110. The van der Waals surface area contributed by atoms with E-state index in [0.29, 0.717) is 29.1 Å². The van der Waals surface area contributed by atoms with Gasteiger partial charge in [-0.25, -0.2) is 19.7 Å². The molecule has 2 heterocycles. The lowest BCUT2D eigenvalue weighted by Crippen LogP contribution is -2.95. The van der Waals surface area contributed by atoms with Crippen molar-refractivity contribution in [1.29, 1.82) is 0 Å². The Kier molecular flexibility index (Phi) is 13.6. The molecule has 0 saturated heterocycles. The number of para-hydroxylation sites is 1. The third-order valence-electron chi connectivity index (χ3n) is 5.83. The SMILES string of the molecule is CCCCCCCCCOC(=O)c1ccccc1NN=C1C(=O)[NH2+]C(=O)C([n+]2ccccc2)=C1C.[OH-].[OH-]. The number of quaternary nitrogens is 1. The number of imide groups is 1. The van der Waals surface area contributed by atoms with Crippen LogP contribution in [-0.2, 0) is 14.3 Å². The average Bonchev–Trinajstić information content (AvgIpc) is 2.86. The number of rotatable bonds is 12. The lowest BCUT2D eigenvalue weighted by molar-refractivity contribution is -0.590. The quantitative estimate of drug-likeness (QED) is 0.145. The number of pyridine rings is 1. The van der Waals surface area contributed by atoms with Gasteiger partial charge in [-0.15, -0.1) is 0 Å². The number of anilines is 1. The Labute approximate surface area is 217 Å². The van der Waals surface area contributed by atoms with Crippen molar-refractivity contribution in [3.05, 3.63) is 66.0 Å². The van der Waals surface area contributed by atoms with Crippen molar-refractivity contribution in [3.63, 3.8) is 0 Å². The zero-order valence-corrected chi connectivity index (χ0v) is 21.4. The minimum Gasteiger partial charge on any atom is -0.870 e. The van der Waals surface area contributed by atoms with E-state index in [1.54, 1.807) is 60.3 Å². The van der Waals surface area contributed by atoms with E-state index < -0.39 is 11.9 Å². The maximum absolute atomic E-state index is 12.7. The molecular formula is C27H36N4O6. The molecule has 0 aliphatic carbocycles. The van der Waals surface area contributed by atoms with Gasteiger partial charge in [-0.3, -0.25) is 5.43 Å². The molecule has 1 aliphatic heterocycles. The Morgan fingerprint density at radius 2 is 1.57 bits per heavy atom. The highest BCUT2D eigenvalue weighted by molar-refractivity contribution is 6.47. The van der Waals surface area contributed by atoms with Crippen LogP contribution >= 0.6 is 0 Å². The molecule has 200 valence electrons. The van der Waals surface area contributed by atoms with Gasteiger partial charge in [-0.1, -0.05) is 63.6 Å². The van der Waals surface area contributed by atoms with Crippen LogP contribution in [-0.4, -0.2) is 41.1 Å². The Hall–Kier alpha value is -3.73. The summed E-state index contributed by atoms with van der Waals surface area (Å²) in [6.45, 7) is 4.25. The molecular weight excluding hydrogens is 476 g/mol. The van der Waals surface area contributed by atoms with Gasteiger partial charge in [0, 0.05) is 12.1 Å².